The second-order valence-electron chi connectivity index (χ2n) is 25.8. The number of rotatable bonds is 20. The summed E-state index contributed by atoms with van der Waals surface area (Å²) in [6, 6.07) is 34.9. The Hall–Kier alpha value is -21.9. The molecule has 6 aromatic heterocycles. The summed E-state index contributed by atoms with van der Waals surface area (Å²) >= 11 is 2.27. The van der Waals surface area contributed by atoms with E-state index in [1.807, 2.05) is 12.1 Å². The Morgan fingerprint density at radius 2 is 0.725 bits per heavy atom. The maximum Gasteiger partial charge on any atom is 0.356 e. The van der Waals surface area contributed by atoms with Crippen LogP contribution in [0.5, 0.6) is 69.0 Å². The van der Waals surface area contributed by atoms with Crippen LogP contribution in [0, 0.1) is 129 Å². The fourth-order valence-corrected chi connectivity index (χ4v) is 12.5. The molecule has 0 aliphatic carbocycles. The van der Waals surface area contributed by atoms with Crippen molar-refractivity contribution in [1.29, 1.82) is 31.6 Å². The predicted octanol–water partition coefficient (Wildman–Crippen LogP) is 13.0. The van der Waals surface area contributed by atoms with Crippen molar-refractivity contribution in [3.05, 3.63) is 315 Å². The first kappa shape index (κ1) is 102. The number of aromatic carboxylic acids is 1. The van der Waals surface area contributed by atoms with Gasteiger partial charge in [0.15, 0.2) is 40.2 Å². The van der Waals surface area contributed by atoms with Crippen LogP contribution in [-0.2, 0) is 0 Å². The minimum absolute atomic E-state index is 0.0000113. The first-order valence-corrected chi connectivity index (χ1v) is 38.1. The number of nitro benzene ring substituents is 6. The highest BCUT2D eigenvalue weighted by Crippen LogP contribution is 2.46. The molecule has 0 aliphatic heterocycles. The number of para-hydroxylation sites is 1. The molecule has 0 saturated heterocycles. The third-order valence-electron chi connectivity index (χ3n) is 17.5. The number of phenols is 11. The highest BCUT2D eigenvalue weighted by Gasteiger charge is 2.30. The average molecular weight is 1920 g/mol. The number of aromatic hydroxyl groups is 11. The molecule has 0 radical (unpaired) electrons. The number of nitrogens with zero attached hydrogens (tertiary/aromatic N) is 21. The van der Waals surface area contributed by atoms with Crippen LogP contribution < -0.4 is 10.5 Å². The van der Waals surface area contributed by atoms with Gasteiger partial charge in [-0.3, -0.25) is 80.6 Å². The maximum absolute atomic E-state index is 11.0. The Balaban J connectivity index is 0.000000203. The van der Waals surface area contributed by atoms with Crippen LogP contribution in [0.25, 0.3) is 78.1 Å². The average Bonchev–Trinajstić information content (AvgIpc) is 0.905. The number of allylic oxidation sites excluding steroid dienone is 6. The highest BCUT2D eigenvalue weighted by molar-refractivity contribution is 7.19. The number of ether oxygens (including phenoxy) is 1. The number of pyridine rings is 1. The van der Waals surface area contributed by atoms with E-state index in [2.05, 4.69) is 44.9 Å². The zero-order valence-electron chi connectivity index (χ0n) is 68.4. The van der Waals surface area contributed by atoms with Gasteiger partial charge in [-0.25, -0.2) is 29.7 Å². The zero-order valence-corrected chi connectivity index (χ0v) is 70.1. The van der Waals surface area contributed by atoms with E-state index in [1.54, 1.807) is 72.1 Å². The number of hydrogen-bond acceptors (Lipinski definition) is 48. The lowest BCUT2D eigenvalue weighted by Crippen LogP contribution is -2.03. The largest absolute Gasteiger partial charge is 0.506 e. The predicted molar refractivity (Wildman–Crippen MR) is 474 cm³/mol. The minimum atomic E-state index is -1.34. The van der Waals surface area contributed by atoms with E-state index < -0.39 is 173 Å². The Morgan fingerprint density at radius 1 is 0.362 bits per heavy atom. The van der Waals surface area contributed by atoms with Crippen molar-refractivity contribution in [2.75, 3.05) is 7.11 Å². The van der Waals surface area contributed by atoms with Crippen LogP contribution in [0.4, 0.5) is 34.1 Å². The van der Waals surface area contributed by atoms with Crippen molar-refractivity contribution < 1.29 is 126 Å². The lowest BCUT2D eigenvalue weighted by molar-refractivity contribution is -0.386. The second-order valence-corrected chi connectivity index (χ2v) is 27.7. The number of aliphatic hydroxyl groups excluding tert-OH is 5. The lowest BCUT2D eigenvalue weighted by atomic mass is 10.0. The summed E-state index contributed by atoms with van der Waals surface area (Å²) in [5.74, 6) is -13.9. The van der Waals surface area contributed by atoms with Crippen LogP contribution in [-0.4, -0.2) is 174 Å². The number of methoxy groups -OCH3 is 1. The summed E-state index contributed by atoms with van der Waals surface area (Å²) in [6.07, 6.45) is 11.2. The molecule has 13 aromatic rings. The number of carbonyl (C=O) groups is 1. The van der Waals surface area contributed by atoms with E-state index >= 15 is 0 Å². The molecule has 0 unspecified atom stereocenters. The van der Waals surface area contributed by atoms with Crippen LogP contribution >= 0.6 is 22.7 Å². The van der Waals surface area contributed by atoms with E-state index in [1.165, 1.54) is 67.8 Å². The van der Waals surface area contributed by atoms with Gasteiger partial charge in [-0.1, -0.05) is 18.2 Å². The Morgan fingerprint density at radius 3 is 1.08 bits per heavy atom. The molecule has 6 heterocycles. The maximum atomic E-state index is 11.0. The van der Waals surface area contributed by atoms with Crippen molar-refractivity contribution in [2.24, 2.45) is 5.73 Å². The summed E-state index contributed by atoms with van der Waals surface area (Å²) < 4.78 is 5.65. The smallest absolute Gasteiger partial charge is 0.356 e. The van der Waals surface area contributed by atoms with Crippen LogP contribution in [0.2, 0.25) is 0 Å². The van der Waals surface area contributed by atoms with Gasteiger partial charge in [0.25, 0.3) is 0 Å². The number of aromatic nitrogens is 9. The van der Waals surface area contributed by atoms with Gasteiger partial charge in [-0.05, 0) is 66.7 Å². The quantitative estimate of drug-likeness (QED) is 0.0111. The molecule has 0 atom stereocenters. The third-order valence-corrected chi connectivity index (χ3v) is 19.3. The minimum Gasteiger partial charge on any atom is -0.506 e. The van der Waals surface area contributed by atoms with E-state index in [9.17, 15) is 168 Å². The molecular weight excluding hydrogens is 1870 g/mol. The summed E-state index contributed by atoms with van der Waals surface area (Å²) in [5.41, 5.74) is -0.598. The standard InChI is InChI=1S/C16H9N3O5S.C14H8N4O7.C14H10N4O5.C14H10N4O4.C13H8N4O5.C12H7N3O5S/c17-7-9(16-18-10-3-1-2-4-13(10)25-16)14(21)8-5-11(19(23)24)15(22)12(20)6-8;15-3-7(8-4-17-9(5-16-8)14(22)23)12(20)6-1-10(18(24)25)13(21)11(19)2-6;1-23-12-5-8(4-11(14(12)20)18(21)22)13(19)9(6-15)10-7-16-2-3-17-10;15-7-9(10-3-1-2-4-17-10)13(16)8-5-11(18(21)22)14(20)12(19)6-8;14-5-8(9-1-2-15-6-16-9)12(19)7-3-10(17(21)22)13(20)11(18)4-7;13-5-7(12-14-1-2-21-12)10(17)6-3-8(15(19)20)11(18)9(16)4-6/h1-6,20-22H;1-2,4-5,19-21H,(H,22,23);2-5,7,19-20H,1H3;1-6,19-20H,16H2;1-4,6,18-20H;1-4,16-18H/b14-9-;12-7-;2*13-9-;12-8-;10-7-. The number of aliphatic hydroxyl groups is 5. The highest BCUT2D eigenvalue weighted by atomic mass is 32.1. The van der Waals surface area contributed by atoms with Crippen LogP contribution in [0.3, 0.4) is 0 Å². The SMILES string of the molecule is COc1cc(/C(O)=C(\C#N)c2cnccn2)cc([N+](=O)[O-])c1O.N#C/C(=C(/N)c1cc(O)c(O)c([N+](=O)[O-])c1)c1ccccn1.N#C/C(=C(/O)c1cc(O)c(O)c([N+](=O)[O-])c1)c1ccncn1.N#C/C(=C(/O)c1cc(O)c(O)c([N+](=O)[O-])c1)c1cnc(C(=O)O)cn1.N#C/C(=C(/O)c1cc(O)c(O)c([N+](=O)[O-])c1)c1nc2ccccc2s1.N#C/C(=C(/O)c1cc(O)c(O)c([N+](=O)[O-])c1)c1nccs1. The van der Waals surface area contributed by atoms with E-state index in [4.69, 9.17) is 26.1 Å². The zero-order chi connectivity index (χ0) is 102. The molecule has 0 bridgehead atoms. The second kappa shape index (κ2) is 45.2. The fourth-order valence-electron chi connectivity index (χ4n) is 10.9. The first-order chi connectivity index (χ1) is 65.5. The first-order valence-electron chi connectivity index (χ1n) is 36.4. The summed E-state index contributed by atoms with van der Waals surface area (Å²) in [6.45, 7) is 0. The normalized spacial score (nSPS) is 11.5. The number of nitriles is 6. The molecule has 138 heavy (non-hydrogen) atoms. The summed E-state index contributed by atoms with van der Waals surface area (Å²) in [5, 5.41) is 287. The number of carboxylic acid groups (broad SMARTS) is 1. The molecule has 0 saturated carbocycles. The van der Waals surface area contributed by atoms with Crippen LogP contribution in [0.1, 0.15) is 76.7 Å². The van der Waals surface area contributed by atoms with Crippen molar-refractivity contribution in [2.45, 2.75) is 0 Å². The molecule has 13 rings (SSSR count). The van der Waals surface area contributed by atoms with Gasteiger partial charge >= 0.3 is 40.1 Å². The number of thiazole rings is 2. The molecule has 0 spiro atoms. The molecule has 55 heteroatoms. The molecule has 19 N–H and O–H groups in total. The van der Waals surface area contributed by atoms with Gasteiger partial charge in [0.05, 0.1) is 82.5 Å². The molecule has 0 aliphatic rings. The molecule has 0 fully saturated rings. The Labute approximate surface area is 773 Å². The van der Waals surface area contributed by atoms with Crippen molar-refractivity contribution in [3.8, 4) is 105 Å². The van der Waals surface area contributed by atoms with Gasteiger partial charge in [0.2, 0.25) is 34.5 Å². The molecule has 7 aromatic carbocycles. The van der Waals surface area contributed by atoms with Crippen LogP contribution in [0.15, 0.2) is 183 Å². The van der Waals surface area contributed by atoms with Crippen molar-refractivity contribution in [3.63, 3.8) is 0 Å². The Kier molecular flexibility index (Phi) is 33.2. The Bertz CT molecular complexity index is 7360. The molecule has 0 amide bonds. The number of nitrogens with two attached hydrogens (primary N) is 1. The number of nitro groups is 6. The van der Waals surface area contributed by atoms with E-state index in [0.717, 1.165) is 101 Å². The van der Waals surface area contributed by atoms with E-state index in [0.29, 0.717) is 5.52 Å². The van der Waals surface area contributed by atoms with Gasteiger partial charge < -0.3 is 97.3 Å². The summed E-state index contributed by atoms with van der Waals surface area (Å²) in [7, 11) is 1.21. The number of phenolic OH excluding ortho intramolecular Hbond substituents is 11. The van der Waals surface area contributed by atoms with Gasteiger partial charge in [-0.2, -0.15) is 31.6 Å². The van der Waals surface area contributed by atoms with E-state index in [-0.39, 0.29) is 105 Å². The third kappa shape index (κ3) is 23.7. The van der Waals surface area contributed by atoms with Crippen molar-refractivity contribution in [1.82, 2.24) is 44.9 Å². The van der Waals surface area contributed by atoms with Crippen molar-refractivity contribution >= 4 is 141 Å². The number of benzene rings is 7. The molecule has 692 valence electrons. The molecule has 53 nitrogen and oxygen atoms in total. The van der Waals surface area contributed by atoms with Gasteiger partial charge in [-0.15, -0.1) is 22.7 Å². The van der Waals surface area contributed by atoms with Gasteiger partial charge in [0, 0.05) is 106 Å². The number of hydrogen-bond donors (Lipinski definition) is 18. The molecular formula is C83H52N22O31S2. The van der Waals surface area contributed by atoms with Gasteiger partial charge in [0.1, 0.15) is 126 Å². The fraction of sp³-hybridized carbons (Fsp3) is 0.0120. The number of carboxylic acids is 1. The lowest BCUT2D eigenvalue weighted by Gasteiger charge is -2.08. The topological polar surface area (TPSA) is 914 Å². The number of fused-ring (bicyclic) bond motifs is 1. The summed E-state index contributed by atoms with van der Waals surface area (Å²) in [4.78, 5) is 105. The monoisotopic (exact) mass is 1920 g/mol.